The van der Waals surface area contributed by atoms with Crippen molar-refractivity contribution in [2.75, 3.05) is 17.7 Å². The first kappa shape index (κ1) is 40.0. The highest BCUT2D eigenvalue weighted by atomic mass is 35.5. The fraction of sp³-hybridized carbons (Fsp3) is 0.351. The van der Waals surface area contributed by atoms with E-state index >= 15 is 8.78 Å². The number of fused-ring (bicyclic) bond motifs is 4. The van der Waals surface area contributed by atoms with Crippen LogP contribution in [0.15, 0.2) is 42.5 Å². The molecule has 0 spiro atoms. The Morgan fingerprint density at radius 2 is 1.79 bits per heavy atom. The molecule has 57 heavy (non-hydrogen) atoms. The smallest absolute Gasteiger partial charge is 0.293 e. The van der Waals surface area contributed by atoms with Crippen LogP contribution in [0.25, 0.3) is 22.0 Å². The molecule has 3 aromatic heterocycles. The van der Waals surface area contributed by atoms with E-state index in [4.69, 9.17) is 11.6 Å². The fourth-order valence-electron chi connectivity index (χ4n) is 7.25. The molecule has 3 N–H and O–H groups in total. The third-order valence-electron chi connectivity index (χ3n) is 9.64. The van der Waals surface area contributed by atoms with Gasteiger partial charge in [-0.2, -0.15) is 19.0 Å². The van der Waals surface area contributed by atoms with Gasteiger partial charge in [0.25, 0.3) is 12.3 Å². The van der Waals surface area contributed by atoms with E-state index in [0.717, 1.165) is 25.3 Å². The third kappa shape index (κ3) is 7.77. The number of rotatable bonds is 11. The first-order chi connectivity index (χ1) is 26.7. The van der Waals surface area contributed by atoms with Gasteiger partial charge in [-0.15, -0.1) is 0 Å². The topological polar surface area (TPSA) is 144 Å². The highest BCUT2D eigenvalue weighted by molar-refractivity contribution is 7.92. The standard InChI is InChI=1S/C37H31ClF7N7O4S/c1-36(54,16-39)9-8-20-4-5-21(22-6-7-25(38)29-32(22)51(2)49-35(29)50-57(3,55)56)30(46-20)26(12-17-10-18(40)13-19(41)11-17)47-27(53)15-52-33-28(31(48-52)34(42)43)23-14-24(23)37(33,44)45/h4-7,10-11,13,23-24,26,34,54H,12,14-16H2,1-3H3,(H,47,53)(H,49,50)/t23-,24+,26?,36?/m0/s1. The summed E-state index contributed by atoms with van der Waals surface area (Å²) >= 11 is 6.55. The van der Waals surface area contributed by atoms with Gasteiger partial charge in [0.1, 0.15) is 41.9 Å². The molecule has 1 fully saturated rings. The lowest BCUT2D eigenvalue weighted by molar-refractivity contribution is -0.123. The lowest BCUT2D eigenvalue weighted by Crippen LogP contribution is -2.35. The number of pyridine rings is 1. The number of alkyl halides is 5. The maximum Gasteiger partial charge on any atom is 0.293 e. The van der Waals surface area contributed by atoms with Crippen molar-refractivity contribution in [1.29, 1.82) is 0 Å². The Bertz CT molecular complexity index is 2620. The van der Waals surface area contributed by atoms with Crippen LogP contribution in [0.3, 0.4) is 0 Å². The molecule has 11 nitrogen and oxygen atoms in total. The van der Waals surface area contributed by atoms with Crippen LogP contribution < -0.4 is 10.0 Å². The van der Waals surface area contributed by atoms with E-state index in [2.05, 4.69) is 37.1 Å². The molecule has 4 atom stereocenters. The first-order valence-electron chi connectivity index (χ1n) is 17.1. The van der Waals surface area contributed by atoms with Gasteiger partial charge in [-0.25, -0.2) is 35.4 Å². The van der Waals surface area contributed by atoms with E-state index in [0.29, 0.717) is 16.3 Å². The lowest BCUT2D eigenvalue weighted by atomic mass is 9.93. The van der Waals surface area contributed by atoms with Crippen LogP contribution in [0.4, 0.5) is 36.6 Å². The molecule has 7 rings (SSSR count). The van der Waals surface area contributed by atoms with Gasteiger partial charge >= 0.3 is 0 Å². The predicted octanol–water partition coefficient (Wildman–Crippen LogP) is 6.45. The Hall–Kier alpha value is -5.19. The van der Waals surface area contributed by atoms with Gasteiger partial charge in [0.05, 0.1) is 33.9 Å². The molecule has 2 aromatic carbocycles. The number of sulfonamides is 1. The minimum Gasteiger partial charge on any atom is -0.375 e. The zero-order chi connectivity index (χ0) is 41.4. The summed E-state index contributed by atoms with van der Waals surface area (Å²) in [4.78, 5) is 18.5. The van der Waals surface area contributed by atoms with Crippen LogP contribution in [0.1, 0.15) is 65.6 Å². The summed E-state index contributed by atoms with van der Waals surface area (Å²) in [5.41, 5.74) is -3.40. The zero-order valence-corrected chi connectivity index (χ0v) is 31.6. The number of hydrogen-bond acceptors (Lipinski definition) is 7. The van der Waals surface area contributed by atoms with Gasteiger partial charge in [-0.05, 0) is 67.5 Å². The number of carbonyl (C=O) groups excluding carboxylic acids is 1. The zero-order valence-electron chi connectivity index (χ0n) is 30.0. The molecule has 0 bridgehead atoms. The molecular weight excluding hydrogens is 807 g/mol. The first-order valence-corrected chi connectivity index (χ1v) is 19.4. The second-order valence-electron chi connectivity index (χ2n) is 14.2. The van der Waals surface area contributed by atoms with Gasteiger partial charge in [0, 0.05) is 35.7 Å². The van der Waals surface area contributed by atoms with Crippen molar-refractivity contribution in [1.82, 2.24) is 29.9 Å². The number of benzene rings is 2. The predicted molar refractivity (Wildman–Crippen MR) is 194 cm³/mol. The van der Waals surface area contributed by atoms with E-state index in [1.165, 1.54) is 36.0 Å². The number of anilines is 1. The molecule has 2 unspecified atom stereocenters. The van der Waals surface area contributed by atoms with E-state index in [9.17, 15) is 40.3 Å². The van der Waals surface area contributed by atoms with Gasteiger partial charge in [-0.1, -0.05) is 23.6 Å². The number of nitrogens with zero attached hydrogens (tertiary/aromatic N) is 5. The van der Waals surface area contributed by atoms with Crippen molar-refractivity contribution < 1.29 is 49.1 Å². The largest absolute Gasteiger partial charge is 0.375 e. The Labute approximate surface area is 325 Å². The second kappa shape index (κ2) is 14.3. The molecule has 0 radical (unpaired) electrons. The number of hydrogen-bond donors (Lipinski definition) is 3. The molecule has 20 heteroatoms. The third-order valence-corrected chi connectivity index (χ3v) is 10.5. The number of amides is 1. The maximum absolute atomic E-state index is 15.4. The van der Waals surface area contributed by atoms with E-state index in [-0.39, 0.29) is 56.2 Å². The highest BCUT2D eigenvalue weighted by Crippen LogP contribution is 2.68. The van der Waals surface area contributed by atoms with Gasteiger partial charge in [0.2, 0.25) is 15.9 Å². The Morgan fingerprint density at radius 1 is 1.11 bits per heavy atom. The Kier molecular flexibility index (Phi) is 10.1. The molecule has 5 aromatic rings. The molecule has 1 amide bonds. The minimum absolute atomic E-state index is 0.00123. The summed E-state index contributed by atoms with van der Waals surface area (Å²) in [6, 6.07) is 7.02. The van der Waals surface area contributed by atoms with E-state index in [1.54, 1.807) is 0 Å². The lowest BCUT2D eigenvalue weighted by Gasteiger charge is -2.23. The van der Waals surface area contributed by atoms with Gasteiger partial charge < -0.3 is 10.4 Å². The van der Waals surface area contributed by atoms with Crippen LogP contribution in [0.2, 0.25) is 5.02 Å². The average Bonchev–Trinajstić information content (AvgIpc) is 3.65. The molecule has 2 aliphatic carbocycles. The van der Waals surface area contributed by atoms with Crippen molar-refractivity contribution in [3.8, 4) is 23.0 Å². The monoisotopic (exact) mass is 837 g/mol. The van der Waals surface area contributed by atoms with Gasteiger partial charge in [0.15, 0.2) is 11.4 Å². The van der Waals surface area contributed by atoms with Crippen LogP contribution >= 0.6 is 11.6 Å². The average molecular weight is 838 g/mol. The summed E-state index contributed by atoms with van der Waals surface area (Å²) in [5, 5.41) is 21.1. The number of aromatic nitrogens is 5. The van der Waals surface area contributed by atoms with Crippen LogP contribution in [0, 0.1) is 29.4 Å². The molecule has 3 heterocycles. The van der Waals surface area contributed by atoms with Crippen molar-refractivity contribution in [3.63, 3.8) is 0 Å². The van der Waals surface area contributed by atoms with Crippen molar-refractivity contribution in [2.24, 2.45) is 13.0 Å². The van der Waals surface area contributed by atoms with E-state index in [1.807, 2.05) is 0 Å². The summed E-state index contributed by atoms with van der Waals surface area (Å²) in [6.45, 7) is -1.09. The normalized spacial score (nSPS) is 18.4. The summed E-state index contributed by atoms with van der Waals surface area (Å²) < 4.78 is 130. The number of aliphatic hydroxyl groups is 1. The molecule has 2 aliphatic rings. The number of halogens is 8. The maximum atomic E-state index is 15.4. The SMILES string of the molecule is Cn1nc(NS(C)(=O)=O)c2c(Cl)ccc(-c3ccc(C#CC(C)(O)CF)nc3C(Cc3cc(F)cc(F)c3)NC(=O)Cn3nc(C(F)F)c4c3C(F)(F)[C@@H]3C[C@H]43)c21. The molecule has 300 valence electrons. The van der Waals surface area contributed by atoms with Crippen LogP contribution in [-0.2, 0) is 40.8 Å². The fourth-order valence-corrected chi connectivity index (χ4v) is 7.98. The summed E-state index contributed by atoms with van der Waals surface area (Å²) in [5.74, 6) is -3.72. The summed E-state index contributed by atoms with van der Waals surface area (Å²) in [6.07, 6.45) is -2.69. The van der Waals surface area contributed by atoms with Crippen molar-refractivity contribution in [3.05, 3.63) is 93.0 Å². The highest BCUT2D eigenvalue weighted by Gasteiger charge is 2.67. The van der Waals surface area contributed by atoms with Crippen LogP contribution in [-0.4, -0.2) is 62.5 Å². The Balaban J connectivity index is 1.39. The van der Waals surface area contributed by atoms with Gasteiger partial charge in [-0.3, -0.25) is 18.9 Å². The molecule has 0 saturated heterocycles. The van der Waals surface area contributed by atoms with Crippen molar-refractivity contribution >= 4 is 44.3 Å². The quantitative estimate of drug-likeness (QED) is 0.103. The number of nitrogens with one attached hydrogen (secondary N) is 2. The molecule has 1 saturated carbocycles. The number of carbonyl (C=O) groups is 1. The molecular formula is C37H31ClF7N7O4S. The summed E-state index contributed by atoms with van der Waals surface area (Å²) in [7, 11) is -2.36. The van der Waals surface area contributed by atoms with Crippen LogP contribution in [0.5, 0.6) is 0 Å². The Morgan fingerprint density at radius 3 is 2.44 bits per heavy atom. The van der Waals surface area contributed by atoms with Crippen molar-refractivity contribution in [2.45, 2.75) is 56.2 Å². The minimum atomic E-state index is -3.86. The second-order valence-corrected chi connectivity index (χ2v) is 16.4. The molecule has 0 aliphatic heterocycles. The van der Waals surface area contributed by atoms with E-state index < -0.39 is 94.4 Å². The number of aryl methyl sites for hydroxylation is 1.